The zero-order valence-corrected chi connectivity index (χ0v) is 12.9. The molecule has 2 rings (SSSR count). The van der Waals surface area contributed by atoms with Gasteiger partial charge in [0.25, 0.3) is 0 Å². The molecule has 0 spiro atoms. The van der Waals surface area contributed by atoms with Gasteiger partial charge >= 0.3 is 0 Å². The molecule has 1 aromatic carbocycles. The molecule has 1 N–H and O–H groups in total. The third-order valence-electron chi connectivity index (χ3n) is 2.45. The van der Waals surface area contributed by atoms with Crippen LogP contribution in [0.15, 0.2) is 22.7 Å². The van der Waals surface area contributed by atoms with Crippen LogP contribution in [0.5, 0.6) is 0 Å². The van der Waals surface area contributed by atoms with Crippen LogP contribution in [-0.4, -0.2) is 9.97 Å². The fourth-order valence-electron chi connectivity index (χ4n) is 1.38. The van der Waals surface area contributed by atoms with E-state index in [4.69, 9.17) is 23.2 Å². The summed E-state index contributed by atoms with van der Waals surface area (Å²) in [5.41, 5.74) is 2.44. The van der Waals surface area contributed by atoms with Gasteiger partial charge in [0.05, 0.1) is 17.1 Å². The van der Waals surface area contributed by atoms with Gasteiger partial charge in [-0.05, 0) is 48.0 Å². The second-order valence-electron chi connectivity index (χ2n) is 3.78. The van der Waals surface area contributed by atoms with E-state index in [1.54, 1.807) is 12.1 Å². The molecular formula is C12H10BrCl2N3. The van der Waals surface area contributed by atoms with Crippen LogP contribution < -0.4 is 5.32 Å². The largest absolute Gasteiger partial charge is 0.337 e. The Labute approximate surface area is 124 Å². The van der Waals surface area contributed by atoms with Crippen LogP contribution >= 0.6 is 39.1 Å². The smallest absolute Gasteiger partial charge is 0.172 e. The molecule has 0 saturated carbocycles. The normalized spacial score (nSPS) is 10.5. The average Bonchev–Trinajstić information content (AvgIpc) is 2.30. The highest BCUT2D eigenvalue weighted by Gasteiger charge is 2.09. The van der Waals surface area contributed by atoms with Gasteiger partial charge in [0.15, 0.2) is 11.0 Å². The maximum absolute atomic E-state index is 6.06. The van der Waals surface area contributed by atoms with E-state index in [1.807, 2.05) is 19.9 Å². The lowest BCUT2D eigenvalue weighted by molar-refractivity contribution is 1.05. The number of aryl methyl sites for hydroxylation is 2. The third kappa shape index (κ3) is 2.94. The predicted molar refractivity (Wildman–Crippen MR) is 79.0 cm³/mol. The molecule has 2 aromatic rings. The number of hydrogen-bond donors (Lipinski definition) is 1. The molecule has 0 aliphatic carbocycles. The molecule has 1 heterocycles. The van der Waals surface area contributed by atoms with Gasteiger partial charge in [-0.25, -0.2) is 9.97 Å². The summed E-state index contributed by atoms with van der Waals surface area (Å²) in [4.78, 5) is 8.58. The Morgan fingerprint density at radius 2 is 1.78 bits per heavy atom. The Morgan fingerprint density at radius 3 is 2.50 bits per heavy atom. The summed E-state index contributed by atoms with van der Waals surface area (Å²) in [6.45, 7) is 3.75. The highest BCUT2D eigenvalue weighted by molar-refractivity contribution is 9.10. The fourth-order valence-corrected chi connectivity index (χ4v) is 2.11. The van der Waals surface area contributed by atoms with E-state index in [0.717, 1.165) is 21.5 Å². The van der Waals surface area contributed by atoms with Crippen molar-refractivity contribution in [3.8, 4) is 0 Å². The zero-order chi connectivity index (χ0) is 13.3. The number of halogens is 3. The van der Waals surface area contributed by atoms with E-state index in [2.05, 4.69) is 31.2 Å². The van der Waals surface area contributed by atoms with Crippen LogP contribution in [0.2, 0.25) is 10.2 Å². The summed E-state index contributed by atoms with van der Waals surface area (Å²) in [6.07, 6.45) is 0. The Kier molecular flexibility index (Phi) is 4.10. The standard InChI is InChI=1S/C12H10BrCl2N3/c1-6-7(2)17-12(11(15)16-6)18-10-5-8(14)3-4-9(10)13/h3-5H,1-2H3,(H,17,18). The molecule has 18 heavy (non-hydrogen) atoms. The summed E-state index contributed by atoms with van der Waals surface area (Å²) in [7, 11) is 0. The maximum atomic E-state index is 6.06. The number of nitrogens with one attached hydrogen (secondary N) is 1. The van der Waals surface area contributed by atoms with Gasteiger partial charge in [0.2, 0.25) is 0 Å². The zero-order valence-electron chi connectivity index (χ0n) is 9.76. The van der Waals surface area contributed by atoms with Crippen molar-refractivity contribution in [2.45, 2.75) is 13.8 Å². The highest BCUT2D eigenvalue weighted by Crippen LogP contribution is 2.30. The number of aromatic nitrogens is 2. The first-order valence-corrected chi connectivity index (χ1v) is 6.75. The molecular weight excluding hydrogens is 337 g/mol. The van der Waals surface area contributed by atoms with Crippen molar-refractivity contribution in [3.63, 3.8) is 0 Å². The van der Waals surface area contributed by atoms with Crippen molar-refractivity contribution in [1.29, 1.82) is 0 Å². The Bertz CT molecular complexity index is 602. The average molecular weight is 347 g/mol. The van der Waals surface area contributed by atoms with E-state index in [0.29, 0.717) is 16.0 Å². The number of hydrogen-bond acceptors (Lipinski definition) is 3. The van der Waals surface area contributed by atoms with Crippen LogP contribution in [-0.2, 0) is 0 Å². The second kappa shape index (κ2) is 5.43. The molecule has 1 aromatic heterocycles. The van der Waals surface area contributed by atoms with Crippen LogP contribution in [0.1, 0.15) is 11.4 Å². The Hall–Kier alpha value is -0.840. The van der Waals surface area contributed by atoms with Crippen molar-refractivity contribution >= 4 is 50.6 Å². The lowest BCUT2D eigenvalue weighted by Crippen LogP contribution is -2.01. The van der Waals surface area contributed by atoms with Gasteiger partial charge < -0.3 is 5.32 Å². The van der Waals surface area contributed by atoms with Crippen LogP contribution in [0.3, 0.4) is 0 Å². The van der Waals surface area contributed by atoms with Crippen molar-refractivity contribution in [1.82, 2.24) is 9.97 Å². The van der Waals surface area contributed by atoms with Crippen molar-refractivity contribution in [2.24, 2.45) is 0 Å². The third-order valence-corrected chi connectivity index (χ3v) is 3.64. The minimum atomic E-state index is 0.338. The molecule has 6 heteroatoms. The van der Waals surface area contributed by atoms with Gasteiger partial charge in [0.1, 0.15) is 0 Å². The predicted octanol–water partition coefficient (Wildman–Crippen LogP) is 4.91. The first-order chi connectivity index (χ1) is 8.47. The van der Waals surface area contributed by atoms with Crippen LogP contribution in [0, 0.1) is 13.8 Å². The maximum Gasteiger partial charge on any atom is 0.172 e. The molecule has 0 aliphatic rings. The van der Waals surface area contributed by atoms with E-state index in [-0.39, 0.29) is 0 Å². The minimum absolute atomic E-state index is 0.338. The first kappa shape index (κ1) is 13.6. The number of anilines is 2. The quantitative estimate of drug-likeness (QED) is 0.839. The Balaban J connectivity index is 2.40. The van der Waals surface area contributed by atoms with Gasteiger partial charge in [-0.3, -0.25) is 0 Å². The minimum Gasteiger partial charge on any atom is -0.337 e. The molecule has 3 nitrogen and oxygen atoms in total. The highest BCUT2D eigenvalue weighted by atomic mass is 79.9. The van der Waals surface area contributed by atoms with Crippen molar-refractivity contribution < 1.29 is 0 Å². The SMILES string of the molecule is Cc1nc(Cl)c(Nc2cc(Cl)ccc2Br)nc1C. The monoisotopic (exact) mass is 345 g/mol. The molecule has 0 amide bonds. The van der Waals surface area contributed by atoms with Gasteiger partial charge in [-0.2, -0.15) is 0 Å². The van der Waals surface area contributed by atoms with Crippen molar-refractivity contribution in [2.75, 3.05) is 5.32 Å². The van der Waals surface area contributed by atoms with E-state index in [1.165, 1.54) is 0 Å². The molecule has 94 valence electrons. The van der Waals surface area contributed by atoms with Crippen LogP contribution in [0.4, 0.5) is 11.5 Å². The lowest BCUT2D eigenvalue weighted by Gasteiger charge is -2.11. The summed E-state index contributed by atoms with van der Waals surface area (Å²) in [5, 5.41) is 4.08. The van der Waals surface area contributed by atoms with Gasteiger partial charge in [0, 0.05) is 9.50 Å². The molecule has 0 fully saturated rings. The van der Waals surface area contributed by atoms with E-state index < -0.39 is 0 Å². The van der Waals surface area contributed by atoms with Gasteiger partial charge in [-0.1, -0.05) is 23.2 Å². The number of benzene rings is 1. The Morgan fingerprint density at radius 1 is 1.11 bits per heavy atom. The number of nitrogens with zero attached hydrogens (tertiary/aromatic N) is 2. The topological polar surface area (TPSA) is 37.8 Å². The molecule has 0 atom stereocenters. The molecule has 0 aliphatic heterocycles. The van der Waals surface area contributed by atoms with E-state index >= 15 is 0 Å². The number of rotatable bonds is 2. The second-order valence-corrected chi connectivity index (χ2v) is 5.43. The summed E-state index contributed by atoms with van der Waals surface area (Å²) >= 11 is 15.4. The summed E-state index contributed by atoms with van der Waals surface area (Å²) in [6, 6.07) is 5.44. The molecule has 0 saturated heterocycles. The molecule has 0 radical (unpaired) electrons. The lowest BCUT2D eigenvalue weighted by atomic mass is 10.3. The summed E-state index contributed by atoms with van der Waals surface area (Å²) < 4.78 is 0.878. The summed E-state index contributed by atoms with van der Waals surface area (Å²) in [5.74, 6) is 0.516. The van der Waals surface area contributed by atoms with Gasteiger partial charge in [-0.15, -0.1) is 0 Å². The first-order valence-electron chi connectivity index (χ1n) is 5.20. The van der Waals surface area contributed by atoms with Crippen LogP contribution in [0.25, 0.3) is 0 Å². The fraction of sp³-hybridized carbons (Fsp3) is 0.167. The van der Waals surface area contributed by atoms with Crippen molar-refractivity contribution in [3.05, 3.63) is 44.2 Å². The molecule has 0 unspecified atom stereocenters. The molecule has 0 bridgehead atoms. The van der Waals surface area contributed by atoms with E-state index in [9.17, 15) is 0 Å².